The molecule has 6 N–H and O–H groups in total. The average Bonchev–Trinajstić information content (AvgIpc) is 2.93. The van der Waals surface area contributed by atoms with E-state index in [9.17, 15) is 38.2 Å². The number of nitrogens with one attached hydrogen (secondary N) is 1. The number of aromatic amines is 1. The van der Waals surface area contributed by atoms with Crippen molar-refractivity contribution < 1.29 is 61.0 Å². The molecule has 0 aromatic carbocycles. The van der Waals surface area contributed by atoms with Gasteiger partial charge in [0.2, 0.25) is 0 Å². The third-order valence-electron chi connectivity index (χ3n) is 4.29. The molecule has 1 saturated heterocycles. The minimum Gasteiger partial charge on any atom is -0.374 e. The molecule has 0 aliphatic carbocycles. The third kappa shape index (κ3) is 6.33. The summed E-state index contributed by atoms with van der Waals surface area (Å²) in [4.78, 5) is 61.6. The van der Waals surface area contributed by atoms with Gasteiger partial charge < -0.3 is 34.2 Å². The summed E-state index contributed by atoms with van der Waals surface area (Å²) in [6.07, 6.45) is 2.87. The Morgan fingerprint density at radius 1 is 1.24 bits per heavy atom. The highest BCUT2D eigenvalue weighted by Gasteiger charge is 2.65. The van der Waals surface area contributed by atoms with Crippen LogP contribution in [0.25, 0.3) is 0 Å². The van der Waals surface area contributed by atoms with Gasteiger partial charge in [0.25, 0.3) is 5.56 Å². The standard InChI is InChI=1S/C13H18ClN2O15P3/c1-3-13(19)9(27-2)12(6-14,29-10(13)16-5-4-8(17)15-11(16)18)7-28-33(23,24)31-34(25,26)30-32(20,21)22/h1,4-5,9-10,19H,6-7H2,2H3,(H,23,24)(H,25,26)(H,15,17,18)(H2,20,21,22)/t9-,10-,12-,13-/m1/s1. The van der Waals surface area contributed by atoms with E-state index in [1.54, 1.807) is 0 Å². The van der Waals surface area contributed by atoms with Crippen molar-refractivity contribution in [3.05, 3.63) is 33.1 Å². The number of alkyl halides is 1. The fourth-order valence-corrected chi connectivity index (χ4v) is 6.43. The first kappa shape index (κ1) is 29.1. The van der Waals surface area contributed by atoms with E-state index in [0.717, 1.165) is 19.4 Å². The summed E-state index contributed by atoms with van der Waals surface area (Å²) < 4.78 is 57.6. The molecule has 192 valence electrons. The zero-order chi connectivity index (χ0) is 26.2. The molecule has 1 fully saturated rings. The molecular weight excluding hydrogens is 553 g/mol. The van der Waals surface area contributed by atoms with Crippen LogP contribution < -0.4 is 11.2 Å². The zero-order valence-electron chi connectivity index (χ0n) is 16.8. The fraction of sp³-hybridized carbons (Fsp3) is 0.538. The van der Waals surface area contributed by atoms with Crippen molar-refractivity contribution in [1.82, 2.24) is 9.55 Å². The number of hydrogen-bond donors (Lipinski definition) is 6. The average molecular weight is 571 g/mol. The highest BCUT2D eigenvalue weighted by atomic mass is 35.5. The van der Waals surface area contributed by atoms with E-state index in [1.165, 1.54) is 0 Å². The van der Waals surface area contributed by atoms with Gasteiger partial charge in [-0.15, -0.1) is 18.0 Å². The summed E-state index contributed by atoms with van der Waals surface area (Å²) in [6.45, 7) is -1.16. The molecule has 0 bridgehead atoms. The molecular formula is C13H18ClN2O15P3. The molecule has 0 radical (unpaired) electrons. The van der Waals surface area contributed by atoms with Gasteiger partial charge in [-0.05, 0) is 0 Å². The third-order valence-corrected chi connectivity index (χ3v) is 8.52. The monoisotopic (exact) mass is 570 g/mol. The molecule has 0 amide bonds. The van der Waals surface area contributed by atoms with Crippen LogP contribution in [0.1, 0.15) is 6.23 Å². The molecule has 0 saturated carbocycles. The topological polar surface area (TPSA) is 253 Å². The predicted octanol–water partition coefficient (Wildman–Crippen LogP) is -1.23. The Bertz CT molecular complexity index is 1220. The van der Waals surface area contributed by atoms with E-state index in [1.807, 2.05) is 10.9 Å². The molecule has 34 heavy (non-hydrogen) atoms. The van der Waals surface area contributed by atoms with Crippen molar-refractivity contribution in [1.29, 1.82) is 0 Å². The predicted molar refractivity (Wildman–Crippen MR) is 109 cm³/mol. The highest BCUT2D eigenvalue weighted by Crippen LogP contribution is 2.66. The highest BCUT2D eigenvalue weighted by molar-refractivity contribution is 7.66. The Kier molecular flexibility index (Phi) is 8.59. The number of nitrogens with zero attached hydrogens (tertiary/aromatic N) is 1. The van der Waals surface area contributed by atoms with Gasteiger partial charge in [-0.1, -0.05) is 5.92 Å². The van der Waals surface area contributed by atoms with Crippen molar-refractivity contribution in [2.45, 2.75) is 23.5 Å². The SMILES string of the molecule is C#C[C@@]1(O)[C@H](OC)[C@@](CCl)(COP(=O)(O)OP(=O)(O)OP(=O)(O)O)O[C@H]1n1ccc(=O)[nH]c1=O. The van der Waals surface area contributed by atoms with E-state index in [0.29, 0.717) is 4.57 Å². The fourth-order valence-electron chi connectivity index (χ4n) is 3.07. The number of aromatic nitrogens is 2. The summed E-state index contributed by atoms with van der Waals surface area (Å²) in [5.41, 5.74) is -6.49. The summed E-state index contributed by atoms with van der Waals surface area (Å²) in [5, 5.41) is 11.1. The van der Waals surface area contributed by atoms with Crippen LogP contribution >= 0.6 is 35.1 Å². The van der Waals surface area contributed by atoms with Crippen LogP contribution in [0.3, 0.4) is 0 Å². The molecule has 2 unspecified atom stereocenters. The van der Waals surface area contributed by atoms with E-state index in [-0.39, 0.29) is 0 Å². The Labute approximate surface area is 194 Å². The Morgan fingerprint density at radius 3 is 2.32 bits per heavy atom. The van der Waals surface area contributed by atoms with Crippen LogP contribution in [0.4, 0.5) is 0 Å². The van der Waals surface area contributed by atoms with Gasteiger partial charge in [0.05, 0.1) is 12.5 Å². The van der Waals surface area contributed by atoms with Gasteiger partial charge in [-0.2, -0.15) is 8.62 Å². The number of phosphoric ester groups is 1. The van der Waals surface area contributed by atoms with Crippen LogP contribution in [0.15, 0.2) is 21.9 Å². The number of ether oxygens (including phenoxy) is 2. The quantitative estimate of drug-likeness (QED) is 0.109. The smallest absolute Gasteiger partial charge is 0.374 e. The number of phosphoric acid groups is 3. The largest absolute Gasteiger partial charge is 0.490 e. The minimum absolute atomic E-state index is 0.673. The Hall–Kier alpha value is -1.18. The second-order valence-electron chi connectivity index (χ2n) is 6.64. The minimum atomic E-state index is -5.82. The van der Waals surface area contributed by atoms with E-state index in [4.69, 9.17) is 37.3 Å². The van der Waals surface area contributed by atoms with Gasteiger partial charge in [0.15, 0.2) is 11.8 Å². The van der Waals surface area contributed by atoms with Gasteiger partial charge in [-0.25, -0.2) is 18.5 Å². The molecule has 2 rings (SSSR count). The number of hydrogen-bond acceptors (Lipinski definition) is 11. The summed E-state index contributed by atoms with van der Waals surface area (Å²) in [6, 6.07) is 0.899. The second kappa shape index (κ2) is 10.1. The molecule has 1 aliphatic rings. The maximum absolute atomic E-state index is 12.2. The molecule has 2 heterocycles. The molecule has 17 nitrogen and oxygen atoms in total. The molecule has 1 aromatic heterocycles. The van der Waals surface area contributed by atoms with Crippen molar-refractivity contribution in [2.75, 3.05) is 19.6 Å². The molecule has 6 atom stereocenters. The van der Waals surface area contributed by atoms with Crippen molar-refractivity contribution in [3.63, 3.8) is 0 Å². The summed E-state index contributed by atoms with van der Waals surface area (Å²) in [7, 11) is -16.0. The maximum Gasteiger partial charge on any atom is 0.490 e. The lowest BCUT2D eigenvalue weighted by Crippen LogP contribution is -2.55. The van der Waals surface area contributed by atoms with Crippen molar-refractivity contribution in [2.24, 2.45) is 0 Å². The number of halogens is 1. The van der Waals surface area contributed by atoms with E-state index in [2.05, 4.69) is 13.1 Å². The number of aliphatic hydroxyl groups is 1. The van der Waals surface area contributed by atoms with E-state index < -0.39 is 70.7 Å². The zero-order valence-corrected chi connectivity index (χ0v) is 20.2. The lowest BCUT2D eigenvalue weighted by Gasteiger charge is -2.33. The molecule has 1 aliphatic heterocycles. The normalized spacial score (nSPS) is 30.9. The molecule has 0 spiro atoms. The lowest BCUT2D eigenvalue weighted by molar-refractivity contribution is -0.119. The number of methoxy groups -OCH3 is 1. The van der Waals surface area contributed by atoms with Crippen LogP contribution in [-0.4, -0.2) is 71.1 Å². The van der Waals surface area contributed by atoms with Gasteiger partial charge in [0, 0.05) is 19.4 Å². The Morgan fingerprint density at radius 2 is 1.85 bits per heavy atom. The van der Waals surface area contributed by atoms with Crippen LogP contribution in [0.2, 0.25) is 0 Å². The maximum atomic E-state index is 12.2. The van der Waals surface area contributed by atoms with E-state index >= 15 is 0 Å². The molecule has 21 heteroatoms. The second-order valence-corrected chi connectivity index (χ2v) is 11.3. The van der Waals surface area contributed by atoms with Gasteiger partial charge in [0.1, 0.15) is 11.7 Å². The first-order valence-corrected chi connectivity index (χ1v) is 13.6. The lowest BCUT2D eigenvalue weighted by atomic mass is 9.87. The summed E-state index contributed by atoms with van der Waals surface area (Å²) in [5.74, 6) is 1.27. The summed E-state index contributed by atoms with van der Waals surface area (Å²) >= 11 is 5.94. The first-order valence-electron chi connectivity index (χ1n) is 8.51. The van der Waals surface area contributed by atoms with Crippen LogP contribution in [0, 0.1) is 12.3 Å². The molecule has 1 aromatic rings. The van der Waals surface area contributed by atoms with Crippen LogP contribution in [0.5, 0.6) is 0 Å². The first-order chi connectivity index (χ1) is 15.4. The van der Waals surface area contributed by atoms with Gasteiger partial charge in [-0.3, -0.25) is 18.9 Å². The van der Waals surface area contributed by atoms with Crippen molar-refractivity contribution in [3.8, 4) is 12.3 Å². The van der Waals surface area contributed by atoms with Gasteiger partial charge >= 0.3 is 29.2 Å². The number of terminal acetylenes is 1. The Balaban J connectivity index is 2.40. The number of H-pyrrole nitrogens is 1. The van der Waals surface area contributed by atoms with Crippen LogP contribution in [-0.2, 0) is 36.3 Å². The number of rotatable bonds is 10. The van der Waals surface area contributed by atoms with Crippen molar-refractivity contribution >= 4 is 35.1 Å².